The van der Waals surface area contributed by atoms with Gasteiger partial charge in [-0.1, -0.05) is 0 Å². The standard InChI is InChI=1S/C10H7FN5/c11-7-1-2-9-8(4-7)6(5-12-9)3-10-13-15-16-14-10/h1-2,4,12H,3H2,(H,13,14,15,16). The van der Waals surface area contributed by atoms with Crippen LogP contribution in [0.15, 0.2) is 18.2 Å². The van der Waals surface area contributed by atoms with Crippen molar-refractivity contribution in [3.8, 4) is 0 Å². The van der Waals surface area contributed by atoms with Crippen molar-refractivity contribution < 1.29 is 4.39 Å². The summed E-state index contributed by atoms with van der Waals surface area (Å²) in [6, 6.07) is 4.57. The summed E-state index contributed by atoms with van der Waals surface area (Å²) in [5, 5.41) is 14.2. The SMILES string of the molecule is Fc1ccc2[nH][c]c(Cc3nnn[nH]3)c2c1. The first-order chi connectivity index (χ1) is 7.83. The van der Waals surface area contributed by atoms with Gasteiger partial charge in [-0.05, 0) is 34.2 Å². The molecular formula is C10H7FN5. The Bertz CT molecular complexity index is 613. The van der Waals surface area contributed by atoms with E-state index < -0.39 is 0 Å². The molecule has 16 heavy (non-hydrogen) atoms. The van der Waals surface area contributed by atoms with Gasteiger partial charge in [0.15, 0.2) is 5.82 Å². The quantitative estimate of drug-likeness (QED) is 0.676. The number of halogens is 1. The molecule has 3 aromatic rings. The van der Waals surface area contributed by atoms with Gasteiger partial charge in [-0.25, -0.2) is 9.49 Å². The highest BCUT2D eigenvalue weighted by molar-refractivity contribution is 5.83. The molecule has 5 nitrogen and oxygen atoms in total. The van der Waals surface area contributed by atoms with E-state index >= 15 is 0 Å². The maximum atomic E-state index is 13.1. The van der Waals surface area contributed by atoms with Crippen LogP contribution in [0, 0.1) is 12.0 Å². The van der Waals surface area contributed by atoms with Crippen LogP contribution in [-0.4, -0.2) is 25.6 Å². The molecule has 1 aromatic carbocycles. The maximum Gasteiger partial charge on any atom is 0.152 e. The van der Waals surface area contributed by atoms with Crippen molar-refractivity contribution in [2.24, 2.45) is 0 Å². The van der Waals surface area contributed by atoms with Crippen molar-refractivity contribution in [2.75, 3.05) is 0 Å². The smallest absolute Gasteiger partial charge is 0.152 e. The number of hydrogen-bond acceptors (Lipinski definition) is 3. The highest BCUT2D eigenvalue weighted by Gasteiger charge is 2.08. The van der Waals surface area contributed by atoms with Crippen LogP contribution in [0.3, 0.4) is 0 Å². The fraction of sp³-hybridized carbons (Fsp3) is 0.100. The van der Waals surface area contributed by atoms with E-state index in [0.717, 1.165) is 16.5 Å². The van der Waals surface area contributed by atoms with Crippen LogP contribution < -0.4 is 0 Å². The van der Waals surface area contributed by atoms with Crippen LogP contribution in [0.4, 0.5) is 4.39 Å². The van der Waals surface area contributed by atoms with E-state index in [-0.39, 0.29) is 5.82 Å². The minimum Gasteiger partial charge on any atom is -0.353 e. The predicted molar refractivity (Wildman–Crippen MR) is 54.1 cm³/mol. The molecule has 3 rings (SSSR count). The lowest BCUT2D eigenvalue weighted by Gasteiger charge is -1.95. The van der Waals surface area contributed by atoms with Crippen LogP contribution in [0.5, 0.6) is 0 Å². The normalized spacial score (nSPS) is 11.1. The van der Waals surface area contributed by atoms with Gasteiger partial charge < -0.3 is 4.98 Å². The largest absolute Gasteiger partial charge is 0.353 e. The van der Waals surface area contributed by atoms with Gasteiger partial charge >= 0.3 is 0 Å². The fourth-order valence-electron chi connectivity index (χ4n) is 1.65. The number of rotatable bonds is 2. The predicted octanol–water partition coefficient (Wildman–Crippen LogP) is 1.21. The summed E-state index contributed by atoms with van der Waals surface area (Å²) in [5.74, 6) is 0.360. The Labute approximate surface area is 89.7 Å². The zero-order valence-electron chi connectivity index (χ0n) is 8.16. The molecule has 79 valence electrons. The minimum absolute atomic E-state index is 0.266. The number of nitrogens with one attached hydrogen (secondary N) is 2. The van der Waals surface area contributed by atoms with Gasteiger partial charge in [0, 0.05) is 17.3 Å². The molecule has 0 aliphatic carbocycles. The van der Waals surface area contributed by atoms with Crippen LogP contribution in [0.2, 0.25) is 0 Å². The number of benzene rings is 1. The van der Waals surface area contributed by atoms with E-state index in [1.54, 1.807) is 6.07 Å². The number of aromatic nitrogens is 5. The molecule has 2 aromatic heterocycles. The molecular weight excluding hydrogens is 209 g/mol. The number of H-pyrrole nitrogens is 2. The monoisotopic (exact) mass is 216 g/mol. The molecule has 0 spiro atoms. The van der Waals surface area contributed by atoms with Crippen LogP contribution in [0.1, 0.15) is 11.4 Å². The summed E-state index contributed by atoms with van der Waals surface area (Å²) < 4.78 is 13.1. The lowest BCUT2D eigenvalue weighted by atomic mass is 10.1. The number of hydrogen-bond donors (Lipinski definition) is 2. The Morgan fingerprint density at radius 3 is 3.12 bits per heavy atom. The van der Waals surface area contributed by atoms with Crippen LogP contribution in [-0.2, 0) is 6.42 Å². The van der Waals surface area contributed by atoms with E-state index in [4.69, 9.17) is 0 Å². The summed E-state index contributed by atoms with van der Waals surface area (Å²) in [7, 11) is 0. The molecule has 6 heteroatoms. The molecule has 0 aliphatic rings. The average Bonchev–Trinajstić information content (AvgIpc) is 2.90. The molecule has 0 saturated heterocycles. The first kappa shape index (κ1) is 9.02. The van der Waals surface area contributed by atoms with Gasteiger partial charge in [0.05, 0.1) is 6.20 Å². The van der Waals surface area contributed by atoms with Gasteiger partial charge in [-0.3, -0.25) is 0 Å². The molecule has 0 bridgehead atoms. The zero-order chi connectivity index (χ0) is 11.0. The summed E-state index contributed by atoms with van der Waals surface area (Å²) in [6.45, 7) is 0. The third-order valence-electron chi connectivity index (χ3n) is 2.39. The Kier molecular flexibility index (Phi) is 1.92. The van der Waals surface area contributed by atoms with Crippen LogP contribution in [0.25, 0.3) is 10.9 Å². The second-order valence-corrected chi connectivity index (χ2v) is 3.44. The first-order valence-corrected chi connectivity index (χ1v) is 4.73. The third-order valence-corrected chi connectivity index (χ3v) is 2.39. The second-order valence-electron chi connectivity index (χ2n) is 3.44. The summed E-state index contributed by atoms with van der Waals surface area (Å²) in [5.41, 5.74) is 1.69. The number of tetrazole rings is 1. The lowest BCUT2D eigenvalue weighted by molar-refractivity contribution is 0.629. The zero-order valence-corrected chi connectivity index (χ0v) is 8.16. The van der Waals surface area contributed by atoms with Gasteiger partial charge in [0.25, 0.3) is 0 Å². The summed E-state index contributed by atoms with van der Waals surface area (Å²) >= 11 is 0. The van der Waals surface area contributed by atoms with Gasteiger partial charge in [0.1, 0.15) is 5.82 Å². The average molecular weight is 216 g/mol. The molecule has 0 aliphatic heterocycles. The van der Waals surface area contributed by atoms with Crippen molar-refractivity contribution in [1.82, 2.24) is 25.6 Å². The van der Waals surface area contributed by atoms with Crippen LogP contribution >= 0.6 is 0 Å². The highest BCUT2D eigenvalue weighted by atomic mass is 19.1. The summed E-state index contributed by atoms with van der Waals surface area (Å²) in [4.78, 5) is 2.95. The van der Waals surface area contributed by atoms with E-state index in [1.165, 1.54) is 12.1 Å². The molecule has 0 atom stereocenters. The Morgan fingerprint density at radius 1 is 1.38 bits per heavy atom. The highest BCUT2D eigenvalue weighted by Crippen LogP contribution is 2.20. The van der Waals surface area contributed by atoms with Gasteiger partial charge in [-0.2, -0.15) is 0 Å². The third kappa shape index (κ3) is 1.44. The summed E-state index contributed by atoms with van der Waals surface area (Å²) in [6.07, 6.45) is 3.47. The van der Waals surface area contributed by atoms with Gasteiger partial charge in [-0.15, -0.1) is 5.10 Å². The van der Waals surface area contributed by atoms with Crippen molar-refractivity contribution in [2.45, 2.75) is 6.42 Å². The maximum absolute atomic E-state index is 13.1. The fourth-order valence-corrected chi connectivity index (χ4v) is 1.65. The molecule has 2 heterocycles. The number of aromatic amines is 2. The molecule has 0 amide bonds. The van der Waals surface area contributed by atoms with E-state index in [9.17, 15) is 4.39 Å². The lowest BCUT2D eigenvalue weighted by Crippen LogP contribution is -1.90. The molecule has 2 N–H and O–H groups in total. The van der Waals surface area contributed by atoms with Crippen molar-refractivity contribution >= 4 is 10.9 Å². The number of nitrogens with zero attached hydrogens (tertiary/aromatic N) is 3. The van der Waals surface area contributed by atoms with Crippen molar-refractivity contribution in [1.29, 1.82) is 0 Å². The Balaban J connectivity index is 2.07. The van der Waals surface area contributed by atoms with Crippen molar-refractivity contribution in [3.63, 3.8) is 0 Å². The van der Waals surface area contributed by atoms with E-state index in [2.05, 4.69) is 31.8 Å². The Morgan fingerprint density at radius 2 is 2.31 bits per heavy atom. The van der Waals surface area contributed by atoms with E-state index in [0.29, 0.717) is 12.2 Å². The molecule has 0 saturated carbocycles. The molecule has 1 radical (unpaired) electrons. The second kappa shape index (κ2) is 3.41. The minimum atomic E-state index is -0.266. The van der Waals surface area contributed by atoms with Crippen molar-refractivity contribution in [3.05, 3.63) is 41.6 Å². The first-order valence-electron chi connectivity index (χ1n) is 4.73. The Hall–Kier alpha value is -2.24. The number of fused-ring (bicyclic) bond motifs is 1. The topological polar surface area (TPSA) is 70.2 Å². The van der Waals surface area contributed by atoms with E-state index in [1.807, 2.05) is 0 Å². The molecule has 0 unspecified atom stereocenters. The van der Waals surface area contributed by atoms with Gasteiger partial charge in [0.2, 0.25) is 0 Å². The molecule has 0 fully saturated rings.